The Labute approximate surface area is 320 Å². The van der Waals surface area contributed by atoms with E-state index in [9.17, 15) is 14.4 Å². The molecule has 2 saturated heterocycles. The van der Waals surface area contributed by atoms with Crippen molar-refractivity contribution >= 4 is 73.0 Å². The molecule has 3 atom stereocenters. The Kier molecular flexibility index (Phi) is 12.1. The number of halogens is 1. The summed E-state index contributed by atoms with van der Waals surface area (Å²) in [7, 11) is 1.30. The van der Waals surface area contributed by atoms with Gasteiger partial charge in [0.2, 0.25) is 11.8 Å². The van der Waals surface area contributed by atoms with Gasteiger partial charge in [0.05, 0.1) is 52.3 Å². The number of fused-ring (bicyclic) bond motifs is 1. The highest BCUT2D eigenvalue weighted by Crippen LogP contribution is 2.44. The van der Waals surface area contributed by atoms with Crippen LogP contribution >= 0.6 is 34.5 Å². The Balaban J connectivity index is 0.000000902. The van der Waals surface area contributed by atoms with Crippen molar-refractivity contribution in [3.8, 4) is 22.4 Å². The number of imidazole rings is 1. The molecule has 0 spiro atoms. The van der Waals surface area contributed by atoms with E-state index in [1.807, 2.05) is 36.0 Å². The molecule has 0 saturated carbocycles. The molecule has 3 aliphatic heterocycles. The average molecular weight is 777 g/mol. The summed E-state index contributed by atoms with van der Waals surface area (Å²) in [6.07, 6.45) is 7.71. The number of rotatable bonds is 9. The van der Waals surface area contributed by atoms with Crippen molar-refractivity contribution in [2.75, 3.05) is 20.2 Å². The van der Waals surface area contributed by atoms with Gasteiger partial charge in [0.15, 0.2) is 0 Å². The molecule has 14 nitrogen and oxygen atoms in total. The van der Waals surface area contributed by atoms with Gasteiger partial charge in [0, 0.05) is 60.2 Å². The summed E-state index contributed by atoms with van der Waals surface area (Å²) < 4.78 is 9.81. The Bertz CT molecular complexity index is 2070. The number of benzene rings is 1. The van der Waals surface area contributed by atoms with Gasteiger partial charge < -0.3 is 24.8 Å². The van der Waals surface area contributed by atoms with E-state index >= 15 is 0 Å². The van der Waals surface area contributed by atoms with Crippen molar-refractivity contribution in [1.82, 2.24) is 25.1 Å². The lowest BCUT2D eigenvalue weighted by Crippen LogP contribution is -2.51. The maximum Gasteiger partial charge on any atom is 0.407 e. The van der Waals surface area contributed by atoms with Crippen LogP contribution in [-0.2, 0) is 14.3 Å². The molecule has 0 radical (unpaired) electrons. The molecule has 0 unspecified atom stereocenters. The van der Waals surface area contributed by atoms with Crippen LogP contribution in [0.2, 0.25) is 0 Å². The fourth-order valence-electron chi connectivity index (χ4n) is 7.24. The zero-order chi connectivity index (χ0) is 37.6. The predicted molar refractivity (Wildman–Crippen MR) is 207 cm³/mol. The van der Waals surface area contributed by atoms with Crippen LogP contribution in [-0.4, -0.2) is 75.7 Å². The van der Waals surface area contributed by atoms with Crippen molar-refractivity contribution < 1.29 is 19.1 Å². The molecule has 278 valence electrons. The van der Waals surface area contributed by atoms with Crippen LogP contribution in [0.1, 0.15) is 70.3 Å². The van der Waals surface area contributed by atoms with E-state index < -0.39 is 12.1 Å². The lowest BCUT2D eigenvalue weighted by atomic mass is 9.97. The fourth-order valence-corrected chi connectivity index (χ4v) is 9.72. The SMILES string of the molecule is COC(=O)N[C@H](C(=O)N1CCC[C@H]1c1ncc(-c2csc3c(-c4ccc(C5=CN=C([C@@H]6CCCN6C(C)=O)C5)cc4)csc23)[nH]1)C(C)C.N=NN=NCl. The molecule has 7 rings (SSSR count). The van der Waals surface area contributed by atoms with Gasteiger partial charge >= 0.3 is 6.09 Å². The number of nitrogens with zero attached hydrogens (tertiary/aromatic N) is 7. The molecule has 4 aromatic rings. The molecule has 2 fully saturated rings. The number of nitrogens with one attached hydrogen (secondary N) is 3. The standard InChI is InChI=1S/C36H40N6O4S2.ClHN4/c1-20(2)31(40-36(45)46-4)35(44)42-14-6-8-30(42)34-38-17-28(39-34)26-19-48-32-25(18-47-33(26)32)23-11-9-22(10-12-23)24-15-27(37-16-24)29-7-5-13-41(29)21(3)43;1-3-5-4-2/h9-12,16-20,29-31H,5-8,13-15H2,1-4H3,(H,38,39)(H,40,45);2H/t29-,30-,31-;/m0./s1. The first-order chi connectivity index (χ1) is 25.6. The van der Waals surface area contributed by atoms with E-state index in [0.717, 1.165) is 67.0 Å². The minimum atomic E-state index is -0.668. The van der Waals surface area contributed by atoms with Crippen LogP contribution in [0.4, 0.5) is 4.79 Å². The van der Waals surface area contributed by atoms with Crippen molar-refractivity contribution in [1.29, 1.82) is 5.53 Å². The third kappa shape index (κ3) is 8.09. The van der Waals surface area contributed by atoms with E-state index in [1.54, 1.807) is 29.6 Å². The van der Waals surface area contributed by atoms with Crippen LogP contribution in [0.5, 0.6) is 0 Å². The highest BCUT2D eigenvalue weighted by molar-refractivity contribution is 7.27. The predicted octanol–water partition coefficient (Wildman–Crippen LogP) is 8.80. The van der Waals surface area contributed by atoms with Gasteiger partial charge in [0.1, 0.15) is 11.9 Å². The van der Waals surface area contributed by atoms with Crippen molar-refractivity contribution in [3.05, 3.63) is 58.8 Å². The highest BCUT2D eigenvalue weighted by atomic mass is 35.5. The Morgan fingerprint density at radius 1 is 1.02 bits per heavy atom. The minimum Gasteiger partial charge on any atom is -0.453 e. The number of carbonyl (C=O) groups excluding carboxylic acids is 3. The maximum atomic E-state index is 13.6. The van der Waals surface area contributed by atoms with Gasteiger partial charge in [-0.2, -0.15) is 5.53 Å². The molecule has 1 aromatic carbocycles. The van der Waals surface area contributed by atoms with Crippen LogP contribution in [0.15, 0.2) is 67.5 Å². The zero-order valence-electron chi connectivity index (χ0n) is 29.8. The summed E-state index contributed by atoms with van der Waals surface area (Å²) in [6.45, 7) is 6.92. The van der Waals surface area contributed by atoms with E-state index in [2.05, 4.69) is 72.2 Å². The van der Waals surface area contributed by atoms with Gasteiger partial charge in [0.25, 0.3) is 0 Å². The van der Waals surface area contributed by atoms with E-state index in [4.69, 9.17) is 20.2 Å². The monoisotopic (exact) mass is 776 g/mol. The second-order valence-electron chi connectivity index (χ2n) is 13.4. The van der Waals surface area contributed by atoms with Gasteiger partial charge in [-0.1, -0.05) is 42.7 Å². The number of amides is 3. The number of H-pyrrole nitrogens is 1. The summed E-state index contributed by atoms with van der Waals surface area (Å²) in [6, 6.07) is 8.00. The summed E-state index contributed by atoms with van der Waals surface area (Å²) in [5.41, 5.74) is 13.8. The summed E-state index contributed by atoms with van der Waals surface area (Å²) >= 11 is 8.00. The topological polar surface area (TPSA) is 181 Å². The number of allylic oxidation sites excluding steroid dienone is 1. The molecule has 17 heteroatoms. The second kappa shape index (κ2) is 16.9. The van der Waals surface area contributed by atoms with Crippen LogP contribution in [0.25, 0.3) is 37.4 Å². The average Bonchev–Trinajstić information content (AvgIpc) is 4.00. The third-order valence-electron chi connectivity index (χ3n) is 9.86. The van der Waals surface area contributed by atoms with Gasteiger partial charge in [-0.05, 0) is 58.7 Å². The lowest BCUT2D eigenvalue weighted by molar-refractivity contribution is -0.135. The molecule has 3 amide bonds. The fraction of sp³-hybridized carbons (Fsp3) is 0.417. The molecular weight excluding hydrogens is 736 g/mol. The van der Waals surface area contributed by atoms with E-state index in [1.165, 1.54) is 33.2 Å². The number of hydrogen-bond acceptors (Lipinski definition) is 10. The molecule has 3 N–H and O–H groups in total. The van der Waals surface area contributed by atoms with Crippen molar-refractivity contribution in [2.45, 2.75) is 71.0 Å². The molecule has 53 heavy (non-hydrogen) atoms. The zero-order valence-corrected chi connectivity index (χ0v) is 32.2. The number of aromatic nitrogens is 2. The van der Waals surface area contributed by atoms with Gasteiger partial charge in [-0.15, -0.1) is 22.7 Å². The van der Waals surface area contributed by atoms with Gasteiger partial charge in [-0.3, -0.25) is 14.6 Å². The normalized spacial score (nSPS) is 19.0. The smallest absolute Gasteiger partial charge is 0.407 e. The number of methoxy groups -OCH3 is 1. The summed E-state index contributed by atoms with van der Waals surface area (Å²) in [5, 5.41) is 12.2. The lowest BCUT2D eigenvalue weighted by Gasteiger charge is -2.30. The third-order valence-corrected chi connectivity index (χ3v) is 12.1. The molecule has 6 heterocycles. The van der Waals surface area contributed by atoms with Crippen LogP contribution < -0.4 is 5.32 Å². The maximum absolute atomic E-state index is 13.6. The van der Waals surface area contributed by atoms with Crippen molar-refractivity contribution in [3.63, 3.8) is 0 Å². The van der Waals surface area contributed by atoms with E-state index in [-0.39, 0.29) is 29.8 Å². The second-order valence-corrected chi connectivity index (χ2v) is 15.3. The summed E-state index contributed by atoms with van der Waals surface area (Å²) in [5.74, 6) is 0.687. The molecule has 3 aromatic heterocycles. The van der Waals surface area contributed by atoms with Crippen molar-refractivity contribution in [2.24, 2.45) is 26.0 Å². The Hall–Kier alpha value is -4.80. The minimum absolute atomic E-state index is 0.0864. The molecule has 3 aliphatic rings. The largest absolute Gasteiger partial charge is 0.453 e. The first-order valence-corrected chi connectivity index (χ1v) is 19.4. The highest BCUT2D eigenvalue weighted by Gasteiger charge is 2.38. The van der Waals surface area contributed by atoms with Gasteiger partial charge in [-0.25, -0.2) is 9.78 Å². The quantitative estimate of drug-likeness (QED) is 0.113. The van der Waals surface area contributed by atoms with E-state index in [0.29, 0.717) is 6.54 Å². The number of alkyl carbamates (subject to hydrolysis) is 1. The first kappa shape index (κ1) is 37.9. The number of aliphatic imine (C=N–C) groups is 1. The number of carbonyl (C=O) groups is 3. The Morgan fingerprint density at radius 3 is 2.32 bits per heavy atom. The molecular formula is C36H41ClN10O4S2. The number of aromatic amines is 1. The molecule has 0 bridgehead atoms. The number of likely N-dealkylation sites (tertiary alicyclic amines) is 2. The Morgan fingerprint density at radius 2 is 1.68 bits per heavy atom. The van der Waals surface area contributed by atoms with Crippen LogP contribution in [0.3, 0.4) is 0 Å². The van der Waals surface area contributed by atoms with Crippen LogP contribution in [0, 0.1) is 11.4 Å². The first-order valence-electron chi connectivity index (χ1n) is 17.3. The number of ether oxygens (including phenoxy) is 1. The molecule has 0 aliphatic carbocycles. The summed E-state index contributed by atoms with van der Waals surface area (Å²) in [4.78, 5) is 54.4. The number of thiophene rings is 2. The number of hydrogen-bond donors (Lipinski definition) is 3.